The molecule has 254 valence electrons. The molecule has 4 rings (SSSR count). The van der Waals surface area contributed by atoms with Gasteiger partial charge in [-0.3, -0.25) is 13.9 Å². The highest BCUT2D eigenvalue weighted by Crippen LogP contribution is 2.28. The Hall–Kier alpha value is -4.35. The number of amides is 2. The molecule has 0 fully saturated rings. The lowest BCUT2D eigenvalue weighted by Gasteiger charge is -2.34. The molecule has 2 atom stereocenters. The number of hydrogen-bond acceptors (Lipinski definition) is 6. The molecule has 0 heterocycles. The molecule has 0 unspecified atom stereocenters. The molecular formula is C37H42FN3O5S2. The maximum atomic E-state index is 14.6. The first-order valence-corrected chi connectivity index (χ1v) is 18.5. The molecule has 4 aromatic carbocycles. The maximum absolute atomic E-state index is 14.6. The summed E-state index contributed by atoms with van der Waals surface area (Å²) >= 11 is 1.48. The summed E-state index contributed by atoms with van der Waals surface area (Å²) in [5.41, 5.74) is 1.66. The summed E-state index contributed by atoms with van der Waals surface area (Å²) in [6.07, 6.45) is 2.75. The van der Waals surface area contributed by atoms with E-state index >= 15 is 0 Å². The van der Waals surface area contributed by atoms with Gasteiger partial charge >= 0.3 is 0 Å². The number of rotatable bonds is 16. The standard InChI is InChI=1S/C37H42FN3O5S2/c1-5-27(3)39-37(43)35(24-28-10-8-7-9-11-28)40(25-29-12-14-30(38)15-13-29)36(42)26-41(31-16-18-32(19-17-31)46-6-2)48(44,45)34-22-20-33(47-4)21-23-34/h7-23,27,35H,5-6,24-26H2,1-4H3,(H,39,43)/t27-,35+/m1/s1. The van der Waals surface area contributed by atoms with Gasteiger partial charge in [-0.15, -0.1) is 11.8 Å². The summed E-state index contributed by atoms with van der Waals surface area (Å²) in [6.45, 7) is 5.46. The Bertz CT molecular complexity index is 1740. The van der Waals surface area contributed by atoms with Crippen LogP contribution in [0.4, 0.5) is 10.1 Å². The van der Waals surface area contributed by atoms with Gasteiger partial charge in [-0.1, -0.05) is 49.4 Å². The molecule has 1 N–H and O–H groups in total. The number of hydrogen-bond donors (Lipinski definition) is 1. The van der Waals surface area contributed by atoms with Crippen LogP contribution in [0.25, 0.3) is 0 Å². The number of benzene rings is 4. The van der Waals surface area contributed by atoms with Gasteiger partial charge in [0, 0.05) is 23.9 Å². The van der Waals surface area contributed by atoms with E-state index in [4.69, 9.17) is 4.74 Å². The zero-order chi connectivity index (χ0) is 34.7. The second kappa shape index (κ2) is 17.2. The molecule has 8 nitrogen and oxygen atoms in total. The first kappa shape index (κ1) is 36.5. The molecule has 0 aliphatic carbocycles. The van der Waals surface area contributed by atoms with Crippen molar-refractivity contribution in [2.75, 3.05) is 23.7 Å². The van der Waals surface area contributed by atoms with Crippen LogP contribution in [-0.4, -0.2) is 56.6 Å². The van der Waals surface area contributed by atoms with Crippen LogP contribution < -0.4 is 14.4 Å². The lowest BCUT2D eigenvalue weighted by atomic mass is 10.0. The molecule has 2 amide bonds. The SMILES string of the molecule is CCOc1ccc(N(CC(=O)N(Cc2ccc(F)cc2)[C@@H](Cc2ccccc2)C(=O)N[C@H](C)CC)S(=O)(=O)c2ccc(SC)cc2)cc1. The summed E-state index contributed by atoms with van der Waals surface area (Å²) in [5, 5.41) is 3.01. The van der Waals surface area contributed by atoms with Crippen LogP contribution >= 0.6 is 11.8 Å². The van der Waals surface area contributed by atoms with E-state index in [0.29, 0.717) is 24.3 Å². The zero-order valence-electron chi connectivity index (χ0n) is 27.6. The Labute approximate surface area is 287 Å². The van der Waals surface area contributed by atoms with Crippen molar-refractivity contribution in [2.24, 2.45) is 0 Å². The topological polar surface area (TPSA) is 96.0 Å². The second-order valence-corrected chi connectivity index (χ2v) is 14.0. The van der Waals surface area contributed by atoms with E-state index in [2.05, 4.69) is 5.32 Å². The van der Waals surface area contributed by atoms with Crippen LogP contribution in [0.1, 0.15) is 38.3 Å². The highest BCUT2D eigenvalue weighted by molar-refractivity contribution is 7.98. The monoisotopic (exact) mass is 691 g/mol. The predicted octanol–water partition coefficient (Wildman–Crippen LogP) is 6.70. The normalized spacial score (nSPS) is 12.5. The van der Waals surface area contributed by atoms with Gasteiger partial charge in [0.1, 0.15) is 24.2 Å². The van der Waals surface area contributed by atoms with E-state index in [-0.39, 0.29) is 35.5 Å². The number of halogens is 1. The number of nitrogens with one attached hydrogen (secondary N) is 1. The van der Waals surface area contributed by atoms with E-state index in [0.717, 1.165) is 14.8 Å². The summed E-state index contributed by atoms with van der Waals surface area (Å²) in [7, 11) is -4.25. The van der Waals surface area contributed by atoms with Crippen LogP contribution in [0.3, 0.4) is 0 Å². The largest absolute Gasteiger partial charge is 0.494 e. The number of carbonyl (C=O) groups excluding carboxylic acids is 2. The zero-order valence-corrected chi connectivity index (χ0v) is 29.3. The first-order chi connectivity index (χ1) is 23.0. The minimum Gasteiger partial charge on any atom is -0.494 e. The van der Waals surface area contributed by atoms with E-state index in [1.807, 2.05) is 57.4 Å². The van der Waals surface area contributed by atoms with E-state index in [9.17, 15) is 22.4 Å². The minimum absolute atomic E-state index is 0.0161. The first-order valence-electron chi connectivity index (χ1n) is 15.8. The number of carbonyl (C=O) groups is 2. The Morgan fingerprint density at radius 1 is 0.875 bits per heavy atom. The van der Waals surface area contributed by atoms with Crippen LogP contribution in [0.2, 0.25) is 0 Å². The van der Waals surface area contributed by atoms with Crippen LogP contribution in [0.15, 0.2) is 113 Å². The van der Waals surface area contributed by atoms with E-state index in [1.165, 1.54) is 40.9 Å². The number of sulfonamides is 1. The van der Waals surface area contributed by atoms with Gasteiger partial charge in [0.05, 0.1) is 17.2 Å². The Balaban J connectivity index is 1.80. The Kier molecular flexibility index (Phi) is 13.0. The lowest BCUT2D eigenvalue weighted by molar-refractivity contribution is -0.140. The van der Waals surface area contributed by atoms with Gasteiger partial charge in [-0.25, -0.2) is 12.8 Å². The molecule has 11 heteroatoms. The summed E-state index contributed by atoms with van der Waals surface area (Å²) in [5.74, 6) is -0.853. The third-order valence-corrected chi connectivity index (χ3v) is 10.4. The smallest absolute Gasteiger partial charge is 0.264 e. The molecule has 0 saturated heterocycles. The third kappa shape index (κ3) is 9.60. The average Bonchev–Trinajstić information content (AvgIpc) is 3.10. The fraction of sp³-hybridized carbons (Fsp3) is 0.297. The van der Waals surface area contributed by atoms with E-state index < -0.39 is 34.3 Å². The van der Waals surface area contributed by atoms with Crippen LogP contribution in [0.5, 0.6) is 5.75 Å². The van der Waals surface area contributed by atoms with Crippen LogP contribution in [0, 0.1) is 5.82 Å². The molecule has 0 aromatic heterocycles. The van der Waals surface area contributed by atoms with Crippen molar-refractivity contribution in [1.82, 2.24) is 10.2 Å². The minimum atomic E-state index is -4.25. The highest BCUT2D eigenvalue weighted by atomic mass is 32.2. The quantitative estimate of drug-likeness (QED) is 0.132. The van der Waals surface area contributed by atoms with Gasteiger partial charge < -0.3 is 15.0 Å². The summed E-state index contributed by atoms with van der Waals surface area (Å²) in [6, 6.07) is 26.8. The number of ether oxygens (including phenoxy) is 1. The molecule has 0 bridgehead atoms. The summed E-state index contributed by atoms with van der Waals surface area (Å²) in [4.78, 5) is 30.8. The van der Waals surface area contributed by atoms with Crippen LogP contribution in [-0.2, 0) is 32.6 Å². The molecule has 48 heavy (non-hydrogen) atoms. The Morgan fingerprint density at radius 2 is 1.52 bits per heavy atom. The molecule has 0 aliphatic heterocycles. The summed E-state index contributed by atoms with van der Waals surface area (Å²) < 4.78 is 49.1. The molecule has 0 spiro atoms. The fourth-order valence-electron chi connectivity index (χ4n) is 5.06. The van der Waals surface area contributed by atoms with Crippen molar-refractivity contribution in [1.29, 1.82) is 0 Å². The molecule has 4 aromatic rings. The van der Waals surface area contributed by atoms with Crippen molar-refractivity contribution < 1.29 is 27.1 Å². The highest BCUT2D eigenvalue weighted by Gasteiger charge is 2.35. The van der Waals surface area contributed by atoms with Gasteiger partial charge in [0.15, 0.2) is 0 Å². The van der Waals surface area contributed by atoms with Crippen molar-refractivity contribution in [3.63, 3.8) is 0 Å². The molecular weight excluding hydrogens is 650 g/mol. The lowest BCUT2D eigenvalue weighted by Crippen LogP contribution is -2.54. The fourth-order valence-corrected chi connectivity index (χ4v) is 6.88. The number of nitrogens with zero attached hydrogens (tertiary/aromatic N) is 2. The predicted molar refractivity (Wildman–Crippen MR) is 189 cm³/mol. The molecule has 0 aliphatic rings. The number of anilines is 1. The second-order valence-electron chi connectivity index (χ2n) is 11.3. The van der Waals surface area contributed by atoms with Gasteiger partial charge in [0.2, 0.25) is 11.8 Å². The average molecular weight is 692 g/mol. The third-order valence-electron chi connectivity index (χ3n) is 7.90. The molecule has 0 radical (unpaired) electrons. The van der Waals surface area contributed by atoms with Crippen molar-refractivity contribution >= 4 is 39.3 Å². The number of thioether (sulfide) groups is 1. The van der Waals surface area contributed by atoms with Crippen molar-refractivity contribution in [2.45, 2.75) is 62.0 Å². The molecule has 0 saturated carbocycles. The van der Waals surface area contributed by atoms with Crippen molar-refractivity contribution in [3.8, 4) is 5.75 Å². The Morgan fingerprint density at radius 3 is 2.10 bits per heavy atom. The van der Waals surface area contributed by atoms with E-state index in [1.54, 1.807) is 48.5 Å². The van der Waals surface area contributed by atoms with Gasteiger partial charge in [-0.05, 0) is 98.3 Å². The van der Waals surface area contributed by atoms with Gasteiger partial charge in [-0.2, -0.15) is 0 Å². The van der Waals surface area contributed by atoms with Gasteiger partial charge in [0.25, 0.3) is 10.0 Å². The van der Waals surface area contributed by atoms with Crippen molar-refractivity contribution in [3.05, 3.63) is 120 Å². The maximum Gasteiger partial charge on any atom is 0.264 e.